The highest BCUT2D eigenvalue weighted by atomic mass is 16.5. The molecule has 3 N–H and O–H groups in total. The van der Waals surface area contributed by atoms with Crippen molar-refractivity contribution in [2.24, 2.45) is 5.92 Å². The summed E-state index contributed by atoms with van der Waals surface area (Å²) in [5.41, 5.74) is 3.09. The van der Waals surface area contributed by atoms with Gasteiger partial charge in [-0.2, -0.15) is 0 Å². The standard InChI is InChI=1S/C25H37N3O6.C11H14O.C3H7NO/c1-19-8-9-21(16-23(19)33-15-12-26-2)34-17-24(30)28(14-11-27-18-29)13-10-20-6-5-7-22(31-3)25(20)32-4;1-11(2,3)10-6-4-9(8-12)5-7-10;1-4-2-3-5/h5-7,9,16,18-19,26H,8,10-15,17H2,1-4H3,(H,27,29);4-8H,1-3H3;3-4H,2H2,1H3. The van der Waals surface area contributed by atoms with Gasteiger partial charge >= 0.3 is 0 Å². The number of amides is 2. The van der Waals surface area contributed by atoms with Gasteiger partial charge in [-0.25, -0.2) is 0 Å². The van der Waals surface area contributed by atoms with Gasteiger partial charge in [-0.05, 0) is 55.6 Å². The molecule has 0 aliphatic heterocycles. The number of hydrogen-bond acceptors (Lipinski definition) is 10. The summed E-state index contributed by atoms with van der Waals surface area (Å²) in [7, 11) is 6.79. The van der Waals surface area contributed by atoms with Crippen LogP contribution in [0.15, 0.2) is 66.1 Å². The minimum Gasteiger partial charge on any atom is -0.496 e. The van der Waals surface area contributed by atoms with Gasteiger partial charge in [0.1, 0.15) is 30.7 Å². The van der Waals surface area contributed by atoms with Crippen molar-refractivity contribution >= 4 is 24.9 Å². The van der Waals surface area contributed by atoms with E-state index in [-0.39, 0.29) is 23.8 Å². The van der Waals surface area contributed by atoms with E-state index in [2.05, 4.69) is 43.6 Å². The van der Waals surface area contributed by atoms with Gasteiger partial charge in [0, 0.05) is 43.7 Å². The van der Waals surface area contributed by atoms with Crippen molar-refractivity contribution in [3.8, 4) is 11.5 Å². The molecule has 0 saturated carbocycles. The Hall–Kier alpha value is -4.68. The molecular weight excluding hydrogens is 652 g/mol. The van der Waals surface area contributed by atoms with Crippen LogP contribution in [0.1, 0.15) is 55.6 Å². The molecule has 1 aliphatic rings. The lowest BCUT2D eigenvalue weighted by Crippen LogP contribution is -2.40. The van der Waals surface area contributed by atoms with Crippen LogP contribution in [-0.2, 0) is 35.7 Å². The van der Waals surface area contributed by atoms with E-state index in [9.17, 15) is 19.2 Å². The van der Waals surface area contributed by atoms with Crippen molar-refractivity contribution in [2.45, 2.75) is 46.0 Å². The molecule has 12 heteroatoms. The van der Waals surface area contributed by atoms with E-state index < -0.39 is 0 Å². The van der Waals surface area contributed by atoms with Crippen molar-refractivity contribution in [3.63, 3.8) is 0 Å². The van der Waals surface area contributed by atoms with Crippen molar-refractivity contribution in [3.05, 3.63) is 82.8 Å². The number of nitrogens with one attached hydrogen (secondary N) is 3. The van der Waals surface area contributed by atoms with E-state index >= 15 is 0 Å². The molecule has 0 spiro atoms. The predicted octanol–water partition coefficient (Wildman–Crippen LogP) is 4.08. The van der Waals surface area contributed by atoms with Crippen LogP contribution in [0.5, 0.6) is 11.5 Å². The second kappa shape index (κ2) is 25.3. The zero-order valence-corrected chi connectivity index (χ0v) is 31.6. The van der Waals surface area contributed by atoms with Crippen molar-refractivity contribution in [1.82, 2.24) is 20.9 Å². The first-order valence-corrected chi connectivity index (χ1v) is 17.1. The van der Waals surface area contributed by atoms with Gasteiger partial charge in [0.15, 0.2) is 18.1 Å². The second-order valence-corrected chi connectivity index (χ2v) is 12.6. The lowest BCUT2D eigenvalue weighted by molar-refractivity contribution is -0.134. The smallest absolute Gasteiger partial charge is 0.260 e. The third-order valence-electron chi connectivity index (χ3n) is 7.72. The zero-order valence-electron chi connectivity index (χ0n) is 31.6. The van der Waals surface area contributed by atoms with Crippen LogP contribution in [-0.4, -0.2) is 104 Å². The molecule has 2 aromatic rings. The van der Waals surface area contributed by atoms with Crippen molar-refractivity contribution in [2.75, 3.05) is 74.3 Å². The third-order valence-corrected chi connectivity index (χ3v) is 7.72. The summed E-state index contributed by atoms with van der Waals surface area (Å²) in [5.74, 6) is 2.88. The average Bonchev–Trinajstić information content (AvgIpc) is 3.13. The molecule has 0 aromatic heterocycles. The number of aldehydes is 2. The molecule has 1 unspecified atom stereocenters. The summed E-state index contributed by atoms with van der Waals surface area (Å²) in [6.45, 7) is 11.4. The highest BCUT2D eigenvalue weighted by Crippen LogP contribution is 2.31. The minimum absolute atomic E-state index is 0.100. The molecule has 0 fully saturated rings. The first-order chi connectivity index (χ1) is 24.5. The highest BCUT2D eigenvalue weighted by Gasteiger charge is 2.20. The summed E-state index contributed by atoms with van der Waals surface area (Å²) in [6.07, 6.45) is 7.50. The topological polar surface area (TPSA) is 145 Å². The molecule has 2 amide bonds. The molecule has 3 rings (SSSR count). The second-order valence-electron chi connectivity index (χ2n) is 12.6. The van der Waals surface area contributed by atoms with Gasteiger partial charge in [0.2, 0.25) is 6.41 Å². The molecule has 1 aliphatic carbocycles. The van der Waals surface area contributed by atoms with Crippen LogP contribution in [0.3, 0.4) is 0 Å². The maximum Gasteiger partial charge on any atom is 0.260 e. The number of rotatable bonds is 19. The Morgan fingerprint density at radius 2 is 1.67 bits per heavy atom. The van der Waals surface area contributed by atoms with Crippen LogP contribution in [0.4, 0.5) is 0 Å². The number of ether oxygens (including phenoxy) is 4. The first-order valence-electron chi connectivity index (χ1n) is 17.1. The Bertz CT molecular complexity index is 1390. The number of methoxy groups -OCH3 is 2. The fourth-order valence-electron chi connectivity index (χ4n) is 4.71. The zero-order chi connectivity index (χ0) is 38.1. The van der Waals surface area contributed by atoms with Gasteiger partial charge in [-0.1, -0.05) is 64.1 Å². The highest BCUT2D eigenvalue weighted by molar-refractivity contribution is 5.77. The van der Waals surface area contributed by atoms with Crippen LogP contribution < -0.4 is 25.4 Å². The number of carbonyl (C=O) groups is 4. The predicted molar refractivity (Wildman–Crippen MR) is 200 cm³/mol. The van der Waals surface area contributed by atoms with Crippen LogP contribution in [0.25, 0.3) is 0 Å². The maximum atomic E-state index is 13.0. The van der Waals surface area contributed by atoms with Crippen LogP contribution in [0, 0.1) is 5.92 Å². The molecule has 51 heavy (non-hydrogen) atoms. The molecule has 0 heterocycles. The van der Waals surface area contributed by atoms with Gasteiger partial charge < -0.3 is 44.6 Å². The number of nitrogens with zero attached hydrogens (tertiary/aromatic N) is 1. The summed E-state index contributed by atoms with van der Waals surface area (Å²) >= 11 is 0. The fraction of sp³-hybridized carbons (Fsp3) is 0.487. The van der Waals surface area contributed by atoms with Crippen molar-refractivity contribution < 1.29 is 38.1 Å². The summed E-state index contributed by atoms with van der Waals surface area (Å²) in [6, 6.07) is 13.4. The summed E-state index contributed by atoms with van der Waals surface area (Å²) in [5, 5.41) is 8.31. The molecule has 12 nitrogen and oxygen atoms in total. The van der Waals surface area contributed by atoms with E-state index in [1.54, 1.807) is 26.2 Å². The normalized spacial score (nSPS) is 13.4. The Morgan fingerprint density at radius 1 is 0.941 bits per heavy atom. The number of carbonyl (C=O) groups excluding carboxylic acids is 4. The lowest BCUT2D eigenvalue weighted by Gasteiger charge is -2.25. The van der Waals surface area contributed by atoms with E-state index in [1.807, 2.05) is 61.7 Å². The SMILES string of the molecule is CC(C)(C)c1ccc(C=O)cc1.CNCC=O.CNCCOC1=CC(OCC(=O)N(CCNC=O)CCc2cccc(OC)c2OC)=CCC1C. The maximum absolute atomic E-state index is 13.0. The minimum atomic E-state index is -0.167. The van der Waals surface area contributed by atoms with Crippen molar-refractivity contribution in [1.29, 1.82) is 0 Å². The summed E-state index contributed by atoms with van der Waals surface area (Å²) < 4.78 is 22.5. The average molecular weight is 711 g/mol. The third kappa shape index (κ3) is 17.2. The largest absolute Gasteiger partial charge is 0.496 e. The number of allylic oxidation sites excluding steroid dienone is 3. The van der Waals surface area contributed by atoms with E-state index in [0.29, 0.717) is 62.9 Å². The molecule has 1 atom stereocenters. The number of likely N-dealkylation sites (N-methyl/N-ethyl adjacent to an activating group) is 2. The monoisotopic (exact) mass is 710 g/mol. The number of benzene rings is 2. The van der Waals surface area contributed by atoms with Crippen LogP contribution >= 0.6 is 0 Å². The van der Waals surface area contributed by atoms with Gasteiger partial charge in [-0.3, -0.25) is 14.4 Å². The van der Waals surface area contributed by atoms with E-state index in [1.165, 1.54) is 5.56 Å². The molecule has 2 aromatic carbocycles. The molecule has 0 saturated heterocycles. The van der Waals surface area contributed by atoms with Gasteiger partial charge in [0.25, 0.3) is 5.91 Å². The Labute approximate surface area is 303 Å². The Balaban J connectivity index is 0.000000626. The van der Waals surface area contributed by atoms with E-state index in [4.69, 9.17) is 18.9 Å². The first kappa shape index (κ1) is 44.3. The number of para-hydroxylation sites is 1. The Kier molecular flexibility index (Phi) is 22.0. The van der Waals surface area contributed by atoms with E-state index in [0.717, 1.165) is 42.4 Å². The molecule has 0 bridgehead atoms. The molecular formula is C39H58N4O8. The van der Waals surface area contributed by atoms with Gasteiger partial charge in [-0.15, -0.1) is 0 Å². The lowest BCUT2D eigenvalue weighted by atomic mass is 9.87. The summed E-state index contributed by atoms with van der Waals surface area (Å²) in [4.78, 5) is 45.0. The van der Waals surface area contributed by atoms with Crippen LogP contribution in [0.2, 0.25) is 0 Å². The quantitative estimate of drug-likeness (QED) is 0.144. The number of hydrogen-bond donors (Lipinski definition) is 3. The molecule has 282 valence electrons. The Morgan fingerprint density at radius 3 is 2.22 bits per heavy atom. The molecule has 0 radical (unpaired) electrons. The fourth-order valence-corrected chi connectivity index (χ4v) is 4.71. The van der Waals surface area contributed by atoms with Gasteiger partial charge in [0.05, 0.1) is 20.8 Å².